The third kappa shape index (κ3) is 3.12. The maximum absolute atomic E-state index is 14.4. The smallest absolute Gasteiger partial charge is 0.255 e. The Hall–Kier alpha value is -3.16. The molecule has 0 radical (unpaired) electrons. The van der Waals surface area contributed by atoms with Crippen molar-refractivity contribution in [3.05, 3.63) is 54.1 Å². The van der Waals surface area contributed by atoms with E-state index in [2.05, 4.69) is 25.8 Å². The van der Waals surface area contributed by atoms with E-state index in [1.54, 1.807) is 24.3 Å². The minimum Gasteiger partial charge on any atom is -0.322 e. The standard InChI is InChI=1S/C16H15FN6O/c1-10(2)23-15(20-21-22-23)13-4-3-12(9-14(13)17)19-16(24)11-5-7-18-8-6-11/h3-10H,1-2H3,(H,19,24). The van der Waals surface area contributed by atoms with Crippen LogP contribution in [0.15, 0.2) is 42.7 Å². The zero-order valence-electron chi connectivity index (χ0n) is 13.1. The second-order valence-corrected chi connectivity index (χ2v) is 5.43. The maximum atomic E-state index is 14.4. The molecule has 7 nitrogen and oxygen atoms in total. The molecule has 8 heteroatoms. The first kappa shape index (κ1) is 15.7. The van der Waals surface area contributed by atoms with Gasteiger partial charge in [-0.1, -0.05) is 0 Å². The number of hydrogen-bond acceptors (Lipinski definition) is 5. The van der Waals surface area contributed by atoms with Crippen LogP contribution in [0.3, 0.4) is 0 Å². The summed E-state index contributed by atoms with van der Waals surface area (Å²) < 4.78 is 16.0. The summed E-state index contributed by atoms with van der Waals surface area (Å²) in [5.41, 5.74) is 1.07. The fourth-order valence-electron chi connectivity index (χ4n) is 2.20. The number of hydrogen-bond donors (Lipinski definition) is 1. The zero-order valence-corrected chi connectivity index (χ0v) is 13.1. The van der Waals surface area contributed by atoms with Crippen LogP contribution >= 0.6 is 0 Å². The predicted octanol–water partition coefficient (Wildman–Crippen LogP) is 2.71. The Morgan fingerprint density at radius 3 is 2.62 bits per heavy atom. The van der Waals surface area contributed by atoms with Gasteiger partial charge in [-0.2, -0.15) is 0 Å². The molecule has 0 aliphatic heterocycles. The molecule has 1 amide bonds. The van der Waals surface area contributed by atoms with Crippen molar-refractivity contribution in [3.63, 3.8) is 0 Å². The normalized spacial score (nSPS) is 10.8. The zero-order chi connectivity index (χ0) is 17.1. The van der Waals surface area contributed by atoms with Crippen LogP contribution in [0.25, 0.3) is 11.4 Å². The average molecular weight is 326 g/mol. The number of carbonyl (C=O) groups is 1. The van der Waals surface area contributed by atoms with Crippen molar-refractivity contribution < 1.29 is 9.18 Å². The highest BCUT2D eigenvalue weighted by Gasteiger charge is 2.16. The van der Waals surface area contributed by atoms with Crippen molar-refractivity contribution in [1.29, 1.82) is 0 Å². The van der Waals surface area contributed by atoms with Gasteiger partial charge in [-0.15, -0.1) is 5.10 Å². The molecule has 0 aliphatic carbocycles. The van der Waals surface area contributed by atoms with E-state index in [1.165, 1.54) is 23.1 Å². The molecule has 0 fully saturated rings. The number of tetrazole rings is 1. The SMILES string of the molecule is CC(C)n1nnnc1-c1ccc(NC(=O)c2ccncc2)cc1F. The number of pyridine rings is 1. The predicted molar refractivity (Wildman–Crippen MR) is 85.8 cm³/mol. The van der Waals surface area contributed by atoms with Gasteiger partial charge in [-0.05, 0) is 54.6 Å². The molecule has 0 saturated carbocycles. The summed E-state index contributed by atoms with van der Waals surface area (Å²) in [6.07, 6.45) is 3.04. The highest BCUT2D eigenvalue weighted by molar-refractivity contribution is 6.04. The van der Waals surface area contributed by atoms with Gasteiger partial charge in [0, 0.05) is 23.6 Å². The van der Waals surface area contributed by atoms with Gasteiger partial charge >= 0.3 is 0 Å². The topological polar surface area (TPSA) is 85.6 Å². The largest absolute Gasteiger partial charge is 0.322 e. The van der Waals surface area contributed by atoms with Crippen LogP contribution < -0.4 is 5.32 Å². The number of aromatic nitrogens is 5. The van der Waals surface area contributed by atoms with Crippen LogP contribution in [0.4, 0.5) is 10.1 Å². The van der Waals surface area contributed by atoms with Crippen molar-refractivity contribution in [3.8, 4) is 11.4 Å². The number of nitrogens with one attached hydrogen (secondary N) is 1. The van der Waals surface area contributed by atoms with Crippen molar-refractivity contribution in [2.24, 2.45) is 0 Å². The van der Waals surface area contributed by atoms with Gasteiger partial charge in [-0.25, -0.2) is 9.07 Å². The summed E-state index contributed by atoms with van der Waals surface area (Å²) >= 11 is 0. The quantitative estimate of drug-likeness (QED) is 0.796. The van der Waals surface area contributed by atoms with E-state index in [1.807, 2.05) is 13.8 Å². The Morgan fingerprint density at radius 1 is 1.21 bits per heavy atom. The van der Waals surface area contributed by atoms with Gasteiger partial charge in [0.1, 0.15) is 5.82 Å². The van der Waals surface area contributed by atoms with Crippen molar-refractivity contribution >= 4 is 11.6 Å². The molecular formula is C16H15FN6O. The van der Waals surface area contributed by atoms with Gasteiger partial charge in [0.2, 0.25) is 0 Å². The van der Waals surface area contributed by atoms with E-state index >= 15 is 0 Å². The third-order valence-electron chi connectivity index (χ3n) is 3.39. The monoisotopic (exact) mass is 326 g/mol. The van der Waals surface area contributed by atoms with Crippen LogP contribution in [-0.2, 0) is 0 Å². The van der Waals surface area contributed by atoms with Crippen LogP contribution in [-0.4, -0.2) is 31.1 Å². The van der Waals surface area contributed by atoms with Crippen LogP contribution in [0.1, 0.15) is 30.2 Å². The Morgan fingerprint density at radius 2 is 1.96 bits per heavy atom. The minimum atomic E-state index is -0.515. The van der Waals surface area contributed by atoms with E-state index in [-0.39, 0.29) is 17.5 Å². The second kappa shape index (κ2) is 6.53. The lowest BCUT2D eigenvalue weighted by atomic mass is 10.1. The highest BCUT2D eigenvalue weighted by Crippen LogP contribution is 2.25. The van der Waals surface area contributed by atoms with Crippen molar-refractivity contribution in [1.82, 2.24) is 25.2 Å². The number of carbonyl (C=O) groups excluding carboxylic acids is 1. The number of anilines is 1. The molecule has 0 spiro atoms. The number of nitrogens with zero attached hydrogens (tertiary/aromatic N) is 5. The number of amides is 1. The Labute approximate surface area is 137 Å². The van der Waals surface area contributed by atoms with E-state index in [9.17, 15) is 9.18 Å². The molecule has 0 unspecified atom stereocenters. The van der Waals surface area contributed by atoms with Crippen LogP contribution in [0.5, 0.6) is 0 Å². The molecule has 122 valence electrons. The molecule has 3 aromatic rings. The van der Waals surface area contributed by atoms with E-state index in [0.717, 1.165) is 0 Å². The van der Waals surface area contributed by atoms with Gasteiger partial charge in [0.25, 0.3) is 5.91 Å². The summed E-state index contributed by atoms with van der Waals surface area (Å²) in [5, 5.41) is 14.0. The summed E-state index contributed by atoms with van der Waals surface area (Å²) in [6, 6.07) is 7.56. The second-order valence-electron chi connectivity index (χ2n) is 5.43. The van der Waals surface area contributed by atoms with Crippen molar-refractivity contribution in [2.45, 2.75) is 19.9 Å². The lowest BCUT2D eigenvalue weighted by Crippen LogP contribution is -2.12. The number of benzene rings is 1. The molecule has 3 rings (SSSR count). The molecule has 0 bridgehead atoms. The Bertz CT molecular complexity index is 862. The molecule has 2 aromatic heterocycles. The summed E-state index contributed by atoms with van der Waals surface area (Å²) in [4.78, 5) is 15.9. The van der Waals surface area contributed by atoms with Crippen molar-refractivity contribution in [2.75, 3.05) is 5.32 Å². The molecule has 2 heterocycles. The molecule has 1 aromatic carbocycles. The fourth-order valence-corrected chi connectivity index (χ4v) is 2.20. The summed E-state index contributed by atoms with van der Waals surface area (Å²) in [6.45, 7) is 3.81. The van der Waals surface area contributed by atoms with Crippen LogP contribution in [0.2, 0.25) is 0 Å². The van der Waals surface area contributed by atoms with Gasteiger partial charge in [-0.3, -0.25) is 9.78 Å². The first-order valence-electron chi connectivity index (χ1n) is 7.35. The first-order valence-corrected chi connectivity index (χ1v) is 7.35. The molecule has 0 atom stereocenters. The molecular weight excluding hydrogens is 311 g/mol. The van der Waals surface area contributed by atoms with E-state index in [0.29, 0.717) is 17.1 Å². The minimum absolute atomic E-state index is 0.000435. The maximum Gasteiger partial charge on any atom is 0.255 e. The highest BCUT2D eigenvalue weighted by atomic mass is 19.1. The number of rotatable bonds is 4. The third-order valence-corrected chi connectivity index (χ3v) is 3.39. The number of halogens is 1. The Balaban J connectivity index is 1.85. The summed E-state index contributed by atoms with van der Waals surface area (Å²) in [5.74, 6) is -0.509. The van der Waals surface area contributed by atoms with Gasteiger partial charge < -0.3 is 5.32 Å². The van der Waals surface area contributed by atoms with Crippen LogP contribution in [0, 0.1) is 5.82 Å². The molecule has 24 heavy (non-hydrogen) atoms. The van der Waals surface area contributed by atoms with E-state index < -0.39 is 5.82 Å². The Kier molecular flexibility index (Phi) is 4.28. The van der Waals surface area contributed by atoms with Gasteiger partial charge in [0.05, 0.1) is 11.6 Å². The van der Waals surface area contributed by atoms with E-state index in [4.69, 9.17) is 0 Å². The molecule has 0 aliphatic rings. The average Bonchev–Trinajstić information content (AvgIpc) is 3.05. The lowest BCUT2D eigenvalue weighted by Gasteiger charge is -2.10. The molecule has 1 N–H and O–H groups in total. The van der Waals surface area contributed by atoms with Gasteiger partial charge in [0.15, 0.2) is 5.82 Å². The summed E-state index contributed by atoms with van der Waals surface area (Å²) in [7, 11) is 0. The molecule has 0 saturated heterocycles. The lowest BCUT2D eigenvalue weighted by molar-refractivity contribution is 0.102. The first-order chi connectivity index (χ1) is 11.6. The fraction of sp³-hybridized carbons (Fsp3) is 0.188.